The van der Waals surface area contributed by atoms with E-state index in [-0.39, 0.29) is 25.2 Å². The Bertz CT molecular complexity index is 479. The molecule has 1 amide bonds. The van der Waals surface area contributed by atoms with Crippen LogP contribution in [0.5, 0.6) is 0 Å². The molecule has 98 valence electrons. The highest BCUT2D eigenvalue weighted by atomic mass is 79.9. The number of rotatable bonds is 2. The highest BCUT2D eigenvalue weighted by Gasteiger charge is 2.42. The first-order valence-electron chi connectivity index (χ1n) is 5.61. The molecular weight excluding hydrogens is 306 g/mol. The van der Waals surface area contributed by atoms with E-state index < -0.39 is 11.8 Å². The van der Waals surface area contributed by atoms with E-state index in [1.165, 1.54) is 0 Å². The van der Waals surface area contributed by atoms with Crippen LogP contribution in [0.3, 0.4) is 0 Å². The molecule has 1 aromatic carbocycles. The van der Waals surface area contributed by atoms with Crippen molar-refractivity contribution in [1.29, 1.82) is 0 Å². The molecule has 2 rings (SSSR count). The van der Waals surface area contributed by atoms with Crippen molar-refractivity contribution in [3.05, 3.63) is 22.7 Å². The molecule has 1 fully saturated rings. The van der Waals surface area contributed by atoms with Crippen molar-refractivity contribution in [3.63, 3.8) is 0 Å². The van der Waals surface area contributed by atoms with Crippen LogP contribution in [-0.4, -0.2) is 11.8 Å². The predicted molar refractivity (Wildman–Crippen MR) is 69.5 cm³/mol. The largest absolute Gasteiger partial charge is 0.398 e. The van der Waals surface area contributed by atoms with Gasteiger partial charge in [-0.1, -0.05) is 0 Å². The van der Waals surface area contributed by atoms with Crippen molar-refractivity contribution in [2.24, 2.45) is 5.92 Å². The van der Waals surface area contributed by atoms with Gasteiger partial charge in [0, 0.05) is 34.6 Å². The zero-order valence-corrected chi connectivity index (χ0v) is 11.1. The number of nitrogen functional groups attached to an aromatic ring is 1. The fraction of sp³-hybridized carbons (Fsp3) is 0.417. The zero-order valence-electron chi connectivity index (χ0n) is 9.55. The van der Waals surface area contributed by atoms with Crippen molar-refractivity contribution in [2.45, 2.75) is 25.2 Å². The van der Waals surface area contributed by atoms with Gasteiger partial charge in [-0.2, -0.15) is 0 Å². The molecule has 3 N–H and O–H groups in total. The summed E-state index contributed by atoms with van der Waals surface area (Å²) in [5.74, 6) is -3.69. The standard InChI is InChI=1S/C12H13BrF2N2O/c13-9-2-1-8(5-10(9)16)17-11(18)7-3-4-12(14,15)6-7/h1-2,5,7H,3-4,6,16H2,(H,17,18). The molecule has 3 nitrogen and oxygen atoms in total. The summed E-state index contributed by atoms with van der Waals surface area (Å²) >= 11 is 3.24. The topological polar surface area (TPSA) is 55.1 Å². The number of halogens is 3. The van der Waals surface area contributed by atoms with Crippen LogP contribution in [0, 0.1) is 5.92 Å². The average Bonchev–Trinajstić information content (AvgIpc) is 2.64. The first-order valence-corrected chi connectivity index (χ1v) is 6.40. The number of anilines is 2. The Hall–Kier alpha value is -1.17. The lowest BCUT2D eigenvalue weighted by atomic mass is 10.1. The fourth-order valence-corrected chi connectivity index (χ4v) is 2.29. The molecule has 0 saturated heterocycles. The van der Waals surface area contributed by atoms with E-state index in [2.05, 4.69) is 21.2 Å². The Kier molecular flexibility index (Phi) is 3.56. The molecule has 1 saturated carbocycles. The highest BCUT2D eigenvalue weighted by molar-refractivity contribution is 9.10. The maximum Gasteiger partial charge on any atom is 0.248 e. The van der Waals surface area contributed by atoms with Gasteiger partial charge in [-0.15, -0.1) is 0 Å². The minimum Gasteiger partial charge on any atom is -0.398 e. The normalized spacial score (nSPS) is 21.8. The smallest absolute Gasteiger partial charge is 0.248 e. The van der Waals surface area contributed by atoms with Crippen molar-refractivity contribution < 1.29 is 13.6 Å². The van der Waals surface area contributed by atoms with Crippen LogP contribution < -0.4 is 11.1 Å². The van der Waals surface area contributed by atoms with Crippen LogP contribution in [0.2, 0.25) is 0 Å². The molecule has 0 heterocycles. The molecule has 0 spiro atoms. The highest BCUT2D eigenvalue weighted by Crippen LogP contribution is 2.39. The molecular formula is C12H13BrF2N2O. The molecule has 6 heteroatoms. The quantitative estimate of drug-likeness (QED) is 0.821. The lowest BCUT2D eigenvalue weighted by Crippen LogP contribution is -2.22. The second kappa shape index (κ2) is 4.84. The van der Waals surface area contributed by atoms with Crippen LogP contribution >= 0.6 is 15.9 Å². The summed E-state index contributed by atoms with van der Waals surface area (Å²) in [5.41, 5.74) is 6.69. The molecule has 18 heavy (non-hydrogen) atoms. The zero-order chi connectivity index (χ0) is 13.3. The Balaban J connectivity index is 2.01. The van der Waals surface area contributed by atoms with E-state index in [0.29, 0.717) is 11.4 Å². The van der Waals surface area contributed by atoms with Gasteiger partial charge < -0.3 is 11.1 Å². The molecule has 0 aliphatic heterocycles. The van der Waals surface area contributed by atoms with E-state index in [9.17, 15) is 13.6 Å². The van der Waals surface area contributed by atoms with E-state index in [1.807, 2.05) is 0 Å². The molecule has 0 bridgehead atoms. The first kappa shape index (κ1) is 13.3. The summed E-state index contributed by atoms with van der Waals surface area (Å²) in [5, 5.41) is 2.62. The van der Waals surface area contributed by atoms with Gasteiger partial charge in [-0.05, 0) is 40.5 Å². The van der Waals surface area contributed by atoms with Crippen molar-refractivity contribution in [1.82, 2.24) is 0 Å². The van der Waals surface area contributed by atoms with E-state index in [1.54, 1.807) is 18.2 Å². The summed E-state index contributed by atoms with van der Waals surface area (Å²) in [6.07, 6.45) is -0.358. The summed E-state index contributed by atoms with van der Waals surface area (Å²) in [4.78, 5) is 11.8. The number of carbonyl (C=O) groups is 1. The number of alkyl halides is 2. The Morgan fingerprint density at radius 3 is 2.78 bits per heavy atom. The van der Waals surface area contributed by atoms with E-state index >= 15 is 0 Å². The third kappa shape index (κ3) is 2.98. The monoisotopic (exact) mass is 318 g/mol. The lowest BCUT2D eigenvalue weighted by molar-refractivity contribution is -0.120. The average molecular weight is 319 g/mol. The van der Waals surface area contributed by atoms with E-state index in [0.717, 1.165) is 4.47 Å². The summed E-state index contributed by atoms with van der Waals surface area (Å²) in [6.45, 7) is 0. The molecule has 1 unspecified atom stereocenters. The number of carbonyl (C=O) groups excluding carboxylic acids is 1. The fourth-order valence-electron chi connectivity index (χ4n) is 2.04. The van der Waals surface area contributed by atoms with Gasteiger partial charge in [0.15, 0.2) is 0 Å². The maximum absolute atomic E-state index is 13.0. The number of amides is 1. The number of hydrogen-bond acceptors (Lipinski definition) is 2. The van der Waals surface area contributed by atoms with Crippen molar-refractivity contribution in [2.75, 3.05) is 11.1 Å². The summed E-state index contributed by atoms with van der Waals surface area (Å²) in [7, 11) is 0. The van der Waals surface area contributed by atoms with Crippen LogP contribution in [-0.2, 0) is 4.79 Å². The van der Waals surface area contributed by atoms with Gasteiger partial charge in [-0.3, -0.25) is 4.79 Å². The molecule has 1 aliphatic carbocycles. The number of benzene rings is 1. The van der Waals surface area contributed by atoms with Crippen LogP contribution in [0.15, 0.2) is 22.7 Å². The SMILES string of the molecule is Nc1cc(NC(=O)C2CCC(F)(F)C2)ccc1Br. The second-order valence-electron chi connectivity index (χ2n) is 4.52. The number of nitrogens with one attached hydrogen (secondary N) is 1. The number of nitrogens with two attached hydrogens (primary N) is 1. The summed E-state index contributed by atoms with van der Waals surface area (Å²) in [6, 6.07) is 4.97. The van der Waals surface area contributed by atoms with Crippen molar-refractivity contribution in [3.8, 4) is 0 Å². The first-order chi connectivity index (χ1) is 8.37. The number of hydrogen-bond donors (Lipinski definition) is 2. The Morgan fingerprint density at radius 1 is 1.50 bits per heavy atom. The lowest BCUT2D eigenvalue weighted by Gasteiger charge is -2.12. The van der Waals surface area contributed by atoms with Gasteiger partial charge in [-0.25, -0.2) is 8.78 Å². The van der Waals surface area contributed by atoms with Crippen LogP contribution in [0.1, 0.15) is 19.3 Å². The van der Waals surface area contributed by atoms with Gasteiger partial charge >= 0.3 is 0 Å². The molecule has 1 aliphatic rings. The van der Waals surface area contributed by atoms with Gasteiger partial charge in [0.25, 0.3) is 0 Å². The van der Waals surface area contributed by atoms with Crippen molar-refractivity contribution >= 4 is 33.2 Å². The molecule has 0 radical (unpaired) electrons. The van der Waals surface area contributed by atoms with E-state index in [4.69, 9.17) is 5.73 Å². The van der Waals surface area contributed by atoms with Gasteiger partial charge in [0.1, 0.15) is 0 Å². The summed E-state index contributed by atoms with van der Waals surface area (Å²) < 4.78 is 26.7. The Morgan fingerprint density at radius 2 is 2.22 bits per heavy atom. The molecule has 1 aromatic rings. The van der Waals surface area contributed by atoms with Crippen LogP contribution in [0.25, 0.3) is 0 Å². The molecule has 0 aromatic heterocycles. The second-order valence-corrected chi connectivity index (χ2v) is 5.38. The third-order valence-electron chi connectivity index (χ3n) is 3.04. The molecule has 1 atom stereocenters. The van der Waals surface area contributed by atoms with Gasteiger partial charge in [0.05, 0.1) is 0 Å². The van der Waals surface area contributed by atoms with Crippen LogP contribution in [0.4, 0.5) is 20.2 Å². The maximum atomic E-state index is 13.0. The predicted octanol–water partition coefficient (Wildman–Crippen LogP) is 3.41. The van der Waals surface area contributed by atoms with Gasteiger partial charge in [0.2, 0.25) is 11.8 Å². The minimum absolute atomic E-state index is 0.215. The minimum atomic E-state index is -2.71. The Labute approximate surface area is 112 Å². The third-order valence-corrected chi connectivity index (χ3v) is 3.76.